The summed E-state index contributed by atoms with van der Waals surface area (Å²) in [5.74, 6) is 0. The van der Waals surface area contributed by atoms with Crippen LogP contribution in [0.2, 0.25) is 0 Å². The fourth-order valence-electron chi connectivity index (χ4n) is 1.96. The van der Waals surface area contributed by atoms with Crippen LogP contribution in [-0.2, 0) is 6.42 Å². The van der Waals surface area contributed by atoms with Gasteiger partial charge in [-0.3, -0.25) is 0 Å². The topological polar surface area (TPSA) is 12.0 Å². The average molecular weight is 231 g/mol. The van der Waals surface area contributed by atoms with Gasteiger partial charge in [0.15, 0.2) is 0 Å². The van der Waals surface area contributed by atoms with Crippen molar-refractivity contribution in [1.82, 2.24) is 5.32 Å². The summed E-state index contributed by atoms with van der Waals surface area (Å²) in [4.78, 5) is 0. The Labute approximate surface area is 106 Å². The smallest absolute Gasteiger partial charge is 0.0132 e. The van der Waals surface area contributed by atoms with Crippen molar-refractivity contribution in [2.24, 2.45) is 0 Å². The number of rotatable bonds is 10. The normalized spacial score (nSPS) is 10.4. The molecule has 0 unspecified atom stereocenters. The predicted octanol–water partition coefficient (Wildman–Crippen LogP) is 3.96. The minimum absolute atomic E-state index is 0.938. The maximum absolute atomic E-state index is 3.69. The quantitative estimate of drug-likeness (QED) is 0.475. The first-order chi connectivity index (χ1) is 8.43. The highest BCUT2D eigenvalue weighted by Crippen LogP contribution is 2.08. The average Bonchev–Trinajstić information content (AvgIpc) is 2.38. The molecule has 1 aromatic carbocycles. The molecule has 0 bridgehead atoms. The van der Waals surface area contributed by atoms with Crippen molar-refractivity contribution in [3.63, 3.8) is 0 Å². The molecule has 0 saturated heterocycles. The van der Waals surface area contributed by atoms with Gasteiger partial charge in [-0.05, 0) is 31.4 Å². The van der Waals surface area contributed by atoms with Crippen LogP contribution in [0.3, 0.4) is 0 Å². The van der Waals surface area contributed by atoms with Gasteiger partial charge in [-0.15, -0.1) is 6.58 Å². The van der Waals surface area contributed by atoms with Crippen LogP contribution < -0.4 is 5.32 Å². The van der Waals surface area contributed by atoms with E-state index >= 15 is 0 Å². The van der Waals surface area contributed by atoms with Gasteiger partial charge in [-0.25, -0.2) is 0 Å². The maximum atomic E-state index is 3.69. The van der Waals surface area contributed by atoms with Crippen molar-refractivity contribution >= 4 is 0 Å². The highest BCUT2D eigenvalue weighted by atomic mass is 14.8. The third-order valence-electron chi connectivity index (χ3n) is 2.95. The molecule has 1 aromatic rings. The lowest BCUT2D eigenvalue weighted by Crippen LogP contribution is -2.14. The largest absolute Gasteiger partial charge is 0.313 e. The molecule has 0 heterocycles. The molecular formula is C16H25N. The van der Waals surface area contributed by atoms with E-state index in [1.54, 1.807) is 0 Å². The zero-order valence-corrected chi connectivity index (χ0v) is 10.8. The zero-order chi connectivity index (χ0) is 12.2. The van der Waals surface area contributed by atoms with Crippen LogP contribution in [0, 0.1) is 0 Å². The van der Waals surface area contributed by atoms with Crippen molar-refractivity contribution in [2.45, 2.75) is 38.5 Å². The summed E-state index contributed by atoms with van der Waals surface area (Å²) in [6.45, 7) is 5.75. The van der Waals surface area contributed by atoms with Crippen molar-refractivity contribution in [3.05, 3.63) is 48.6 Å². The number of hydrogen-bond acceptors (Lipinski definition) is 1. The molecule has 0 aromatic heterocycles. The van der Waals surface area contributed by atoms with Crippen LogP contribution in [0.5, 0.6) is 0 Å². The Morgan fingerprint density at radius 1 is 0.941 bits per heavy atom. The Morgan fingerprint density at radius 2 is 1.65 bits per heavy atom. The highest BCUT2D eigenvalue weighted by Gasteiger charge is 1.93. The number of hydrogen-bond donors (Lipinski definition) is 1. The van der Waals surface area contributed by atoms with E-state index in [1.807, 2.05) is 6.08 Å². The lowest BCUT2D eigenvalue weighted by molar-refractivity contribution is 0.589. The van der Waals surface area contributed by atoms with Crippen molar-refractivity contribution in [2.75, 3.05) is 13.1 Å². The summed E-state index contributed by atoms with van der Waals surface area (Å²) in [5, 5.41) is 3.33. The van der Waals surface area contributed by atoms with Gasteiger partial charge in [-0.2, -0.15) is 0 Å². The zero-order valence-electron chi connectivity index (χ0n) is 10.8. The SMILES string of the molecule is C=CCNCCCCCCCc1ccccc1. The van der Waals surface area contributed by atoms with E-state index in [2.05, 4.69) is 42.2 Å². The summed E-state index contributed by atoms with van der Waals surface area (Å²) in [5.41, 5.74) is 1.47. The molecule has 0 fully saturated rings. The lowest BCUT2D eigenvalue weighted by atomic mass is 10.1. The van der Waals surface area contributed by atoms with Crippen LogP contribution in [-0.4, -0.2) is 13.1 Å². The summed E-state index contributed by atoms with van der Waals surface area (Å²) >= 11 is 0. The molecule has 0 amide bonds. The summed E-state index contributed by atoms with van der Waals surface area (Å²) in [6, 6.07) is 10.8. The Morgan fingerprint density at radius 3 is 2.41 bits per heavy atom. The van der Waals surface area contributed by atoms with Gasteiger partial charge in [0.2, 0.25) is 0 Å². The minimum Gasteiger partial charge on any atom is -0.313 e. The van der Waals surface area contributed by atoms with Crippen LogP contribution in [0.1, 0.15) is 37.7 Å². The van der Waals surface area contributed by atoms with Crippen molar-refractivity contribution in [3.8, 4) is 0 Å². The molecule has 0 aliphatic rings. The van der Waals surface area contributed by atoms with E-state index in [-0.39, 0.29) is 0 Å². The summed E-state index contributed by atoms with van der Waals surface area (Å²) in [6.07, 6.45) is 9.83. The van der Waals surface area contributed by atoms with Gasteiger partial charge in [0, 0.05) is 6.54 Å². The Balaban J connectivity index is 1.86. The Hall–Kier alpha value is -1.08. The molecule has 1 rings (SSSR count). The third kappa shape index (κ3) is 7.76. The van der Waals surface area contributed by atoms with E-state index in [0.29, 0.717) is 0 Å². The monoisotopic (exact) mass is 231 g/mol. The van der Waals surface area contributed by atoms with Gasteiger partial charge in [-0.1, -0.05) is 55.7 Å². The number of nitrogens with one attached hydrogen (secondary N) is 1. The lowest BCUT2D eigenvalue weighted by Gasteiger charge is -2.03. The molecule has 94 valence electrons. The van der Waals surface area contributed by atoms with E-state index < -0.39 is 0 Å². The van der Waals surface area contributed by atoms with Gasteiger partial charge in [0.25, 0.3) is 0 Å². The Bertz CT molecular complexity index is 279. The van der Waals surface area contributed by atoms with Crippen molar-refractivity contribution in [1.29, 1.82) is 0 Å². The molecule has 1 heteroatoms. The highest BCUT2D eigenvalue weighted by molar-refractivity contribution is 5.14. The van der Waals surface area contributed by atoms with E-state index in [0.717, 1.165) is 13.1 Å². The van der Waals surface area contributed by atoms with Crippen molar-refractivity contribution < 1.29 is 0 Å². The fraction of sp³-hybridized carbons (Fsp3) is 0.500. The molecule has 0 spiro atoms. The van der Waals surface area contributed by atoms with E-state index in [4.69, 9.17) is 0 Å². The summed E-state index contributed by atoms with van der Waals surface area (Å²) < 4.78 is 0. The number of unbranched alkanes of at least 4 members (excludes halogenated alkanes) is 4. The standard InChI is InChI=1S/C16H25N/c1-2-14-17-15-10-5-3-4-7-11-16-12-8-6-9-13-16/h2,6,8-9,12-13,17H,1,3-5,7,10-11,14-15H2. The molecule has 1 N–H and O–H groups in total. The summed E-state index contributed by atoms with van der Waals surface area (Å²) in [7, 11) is 0. The number of aryl methyl sites for hydroxylation is 1. The maximum Gasteiger partial charge on any atom is 0.0132 e. The van der Waals surface area contributed by atoms with Gasteiger partial charge >= 0.3 is 0 Å². The molecule has 17 heavy (non-hydrogen) atoms. The molecule has 0 atom stereocenters. The van der Waals surface area contributed by atoms with Crippen LogP contribution >= 0.6 is 0 Å². The first-order valence-corrected chi connectivity index (χ1v) is 6.79. The van der Waals surface area contributed by atoms with Gasteiger partial charge < -0.3 is 5.32 Å². The van der Waals surface area contributed by atoms with Crippen LogP contribution in [0.4, 0.5) is 0 Å². The minimum atomic E-state index is 0.938. The molecule has 1 nitrogen and oxygen atoms in total. The van der Waals surface area contributed by atoms with Gasteiger partial charge in [0.05, 0.1) is 0 Å². The second-order valence-electron chi connectivity index (χ2n) is 4.50. The first kappa shape index (κ1) is 14.0. The third-order valence-corrected chi connectivity index (χ3v) is 2.95. The van der Waals surface area contributed by atoms with E-state index in [9.17, 15) is 0 Å². The predicted molar refractivity (Wildman–Crippen MR) is 76.3 cm³/mol. The molecule has 0 saturated carbocycles. The Kier molecular flexibility index (Phi) is 8.31. The van der Waals surface area contributed by atoms with Crippen LogP contribution in [0.15, 0.2) is 43.0 Å². The molecule has 0 radical (unpaired) electrons. The second-order valence-corrected chi connectivity index (χ2v) is 4.50. The molecule has 0 aliphatic carbocycles. The fourth-order valence-corrected chi connectivity index (χ4v) is 1.96. The van der Waals surface area contributed by atoms with Gasteiger partial charge in [0.1, 0.15) is 0 Å². The molecule has 0 aliphatic heterocycles. The first-order valence-electron chi connectivity index (χ1n) is 6.79. The number of benzene rings is 1. The van der Waals surface area contributed by atoms with Crippen LogP contribution in [0.25, 0.3) is 0 Å². The van der Waals surface area contributed by atoms with E-state index in [1.165, 1.54) is 44.1 Å². The second kappa shape index (κ2) is 10.1. The molecular weight excluding hydrogens is 206 g/mol.